The Morgan fingerprint density at radius 1 is 1.06 bits per heavy atom. The highest BCUT2D eigenvalue weighted by Crippen LogP contribution is 2.28. The van der Waals surface area contributed by atoms with Gasteiger partial charge in [-0.25, -0.2) is 13.2 Å². The van der Waals surface area contributed by atoms with Crippen LogP contribution in [0.3, 0.4) is 0 Å². The zero-order valence-corrected chi connectivity index (χ0v) is 20.1. The summed E-state index contributed by atoms with van der Waals surface area (Å²) in [6, 6.07) is 9.93. The fraction of sp³-hybridized carbons (Fsp3) is 0.417. The maximum atomic E-state index is 13.2. The molecule has 2 aromatic carbocycles. The van der Waals surface area contributed by atoms with E-state index in [-0.39, 0.29) is 34.8 Å². The number of oxazole rings is 1. The fourth-order valence-electron chi connectivity index (χ4n) is 4.47. The number of piperidine rings is 1. The summed E-state index contributed by atoms with van der Waals surface area (Å²) in [4.78, 5) is 25.1. The number of amides is 1. The zero-order valence-electron chi connectivity index (χ0n) is 19.3. The highest BCUT2D eigenvalue weighted by atomic mass is 32.2. The van der Waals surface area contributed by atoms with Crippen molar-refractivity contribution in [3.05, 3.63) is 58.1 Å². The summed E-state index contributed by atoms with van der Waals surface area (Å²) in [5.41, 5.74) is 3.31. The van der Waals surface area contributed by atoms with E-state index in [1.54, 1.807) is 6.07 Å². The Morgan fingerprint density at radius 2 is 1.76 bits per heavy atom. The van der Waals surface area contributed by atoms with Crippen LogP contribution in [0.4, 0.5) is 5.69 Å². The van der Waals surface area contributed by atoms with Crippen molar-refractivity contribution in [3.8, 4) is 0 Å². The monoisotopic (exact) mass is 471 g/mol. The molecule has 1 fully saturated rings. The fourth-order valence-corrected chi connectivity index (χ4v) is 6.17. The Labute approximate surface area is 193 Å². The van der Waals surface area contributed by atoms with Gasteiger partial charge in [0.05, 0.1) is 10.4 Å². The van der Waals surface area contributed by atoms with E-state index in [0.29, 0.717) is 24.3 Å². The molecule has 176 valence electrons. The SMILES string of the molecule is Cc1ccc(NC(=O)Cn2c(=O)oc3cc(S(=O)(=O)N4C[C@H](C)C[C@H](C)C4)ccc32)cc1C. The van der Waals surface area contributed by atoms with Gasteiger partial charge in [-0.3, -0.25) is 9.36 Å². The molecule has 33 heavy (non-hydrogen) atoms. The summed E-state index contributed by atoms with van der Waals surface area (Å²) in [5, 5.41) is 2.78. The molecule has 1 saturated heterocycles. The van der Waals surface area contributed by atoms with E-state index in [4.69, 9.17) is 4.42 Å². The molecule has 0 radical (unpaired) electrons. The number of rotatable bonds is 5. The Balaban J connectivity index is 1.58. The predicted octanol–water partition coefficient (Wildman–Crippen LogP) is 3.52. The van der Waals surface area contributed by atoms with Crippen molar-refractivity contribution in [3.63, 3.8) is 0 Å². The number of carbonyl (C=O) groups is 1. The number of aromatic nitrogens is 1. The lowest BCUT2D eigenvalue weighted by atomic mass is 9.94. The molecule has 8 nitrogen and oxygen atoms in total. The molecule has 2 heterocycles. The van der Waals surface area contributed by atoms with Gasteiger partial charge in [-0.2, -0.15) is 4.31 Å². The van der Waals surface area contributed by atoms with Crippen LogP contribution in [-0.4, -0.2) is 36.3 Å². The molecule has 0 aliphatic carbocycles. The van der Waals surface area contributed by atoms with Gasteiger partial charge in [-0.1, -0.05) is 19.9 Å². The van der Waals surface area contributed by atoms with Crippen LogP contribution in [0.25, 0.3) is 11.1 Å². The molecule has 0 saturated carbocycles. The Morgan fingerprint density at radius 3 is 2.42 bits per heavy atom. The molecule has 1 N–H and O–H groups in total. The van der Waals surface area contributed by atoms with Crippen molar-refractivity contribution in [2.45, 2.75) is 45.6 Å². The minimum atomic E-state index is -3.71. The number of fused-ring (bicyclic) bond motifs is 1. The average molecular weight is 472 g/mol. The molecule has 0 unspecified atom stereocenters. The second-order valence-corrected chi connectivity index (χ2v) is 11.1. The number of aryl methyl sites for hydroxylation is 2. The molecular formula is C24H29N3O5S. The van der Waals surface area contributed by atoms with Crippen molar-refractivity contribution in [2.75, 3.05) is 18.4 Å². The molecule has 1 aliphatic rings. The Hall–Kier alpha value is -2.91. The molecule has 1 amide bonds. The molecule has 4 rings (SSSR count). The first-order chi connectivity index (χ1) is 15.5. The summed E-state index contributed by atoms with van der Waals surface area (Å²) < 4.78 is 34.4. The van der Waals surface area contributed by atoms with E-state index in [9.17, 15) is 18.0 Å². The maximum absolute atomic E-state index is 13.2. The smallest absolute Gasteiger partial charge is 0.408 e. The maximum Gasteiger partial charge on any atom is 0.420 e. The molecule has 1 aliphatic heterocycles. The van der Waals surface area contributed by atoms with Crippen LogP contribution in [-0.2, 0) is 21.4 Å². The van der Waals surface area contributed by atoms with Crippen LogP contribution in [0, 0.1) is 25.7 Å². The van der Waals surface area contributed by atoms with Crippen molar-refractivity contribution in [2.24, 2.45) is 11.8 Å². The van der Waals surface area contributed by atoms with E-state index in [0.717, 1.165) is 17.5 Å². The minimum absolute atomic E-state index is 0.0804. The third kappa shape index (κ3) is 4.74. The van der Waals surface area contributed by atoms with Gasteiger partial charge in [0, 0.05) is 24.8 Å². The lowest BCUT2D eigenvalue weighted by molar-refractivity contribution is -0.116. The quantitative estimate of drug-likeness (QED) is 0.614. The second kappa shape index (κ2) is 8.79. The van der Waals surface area contributed by atoms with Gasteiger partial charge in [0.15, 0.2) is 5.58 Å². The van der Waals surface area contributed by atoms with Crippen LogP contribution < -0.4 is 11.1 Å². The van der Waals surface area contributed by atoms with Gasteiger partial charge in [-0.15, -0.1) is 0 Å². The molecule has 1 aromatic heterocycles. The Kier molecular flexibility index (Phi) is 6.20. The van der Waals surface area contributed by atoms with E-state index < -0.39 is 15.8 Å². The van der Waals surface area contributed by atoms with Crippen LogP contribution in [0.15, 0.2) is 50.5 Å². The first-order valence-corrected chi connectivity index (χ1v) is 12.5. The van der Waals surface area contributed by atoms with E-state index >= 15 is 0 Å². The third-order valence-corrected chi connectivity index (χ3v) is 8.03. The van der Waals surface area contributed by atoms with Gasteiger partial charge in [0.1, 0.15) is 6.54 Å². The normalized spacial score (nSPS) is 19.6. The number of nitrogens with zero attached hydrogens (tertiary/aromatic N) is 2. The topological polar surface area (TPSA) is 102 Å². The van der Waals surface area contributed by atoms with Crippen LogP contribution in [0.2, 0.25) is 0 Å². The molecule has 0 spiro atoms. The van der Waals surface area contributed by atoms with Crippen molar-refractivity contribution in [1.82, 2.24) is 8.87 Å². The standard InChI is InChI=1S/C24H29N3O5S/c1-15-9-16(2)13-26(12-15)33(30,31)20-7-8-21-22(11-20)32-24(29)27(21)14-23(28)25-19-6-5-17(3)18(4)10-19/h5-8,10-11,15-16H,9,12-14H2,1-4H3,(H,25,28)/t15-,16+. The average Bonchev–Trinajstić information content (AvgIpc) is 3.04. The zero-order chi connectivity index (χ0) is 23.9. The molecule has 3 aromatic rings. The van der Waals surface area contributed by atoms with Gasteiger partial charge in [0.2, 0.25) is 15.9 Å². The van der Waals surface area contributed by atoms with E-state index in [1.807, 2.05) is 39.8 Å². The third-order valence-electron chi connectivity index (χ3n) is 6.21. The number of nitrogens with one attached hydrogen (secondary N) is 1. The summed E-state index contributed by atoms with van der Waals surface area (Å²) in [6.45, 7) is 8.72. The van der Waals surface area contributed by atoms with Crippen molar-refractivity contribution < 1.29 is 17.6 Å². The van der Waals surface area contributed by atoms with E-state index in [2.05, 4.69) is 5.32 Å². The minimum Gasteiger partial charge on any atom is -0.408 e. The number of hydrogen-bond acceptors (Lipinski definition) is 5. The molecule has 2 atom stereocenters. The van der Waals surface area contributed by atoms with Gasteiger partial charge in [0.25, 0.3) is 0 Å². The number of carbonyl (C=O) groups excluding carboxylic acids is 1. The molecule has 9 heteroatoms. The number of benzene rings is 2. The lowest BCUT2D eigenvalue weighted by Crippen LogP contribution is -2.42. The van der Waals surface area contributed by atoms with Crippen molar-refractivity contribution >= 4 is 32.7 Å². The lowest BCUT2D eigenvalue weighted by Gasteiger charge is -2.34. The number of anilines is 1. The molecule has 0 bridgehead atoms. The number of sulfonamides is 1. The molecular weight excluding hydrogens is 442 g/mol. The largest absolute Gasteiger partial charge is 0.420 e. The highest BCUT2D eigenvalue weighted by Gasteiger charge is 2.32. The van der Waals surface area contributed by atoms with E-state index in [1.165, 1.54) is 27.1 Å². The summed E-state index contributed by atoms with van der Waals surface area (Å²) in [6.07, 6.45) is 0.993. The van der Waals surface area contributed by atoms with Crippen LogP contribution >= 0.6 is 0 Å². The van der Waals surface area contributed by atoms with Gasteiger partial charge in [-0.05, 0) is 67.5 Å². The summed E-state index contributed by atoms with van der Waals surface area (Å²) >= 11 is 0. The van der Waals surface area contributed by atoms with Gasteiger partial charge < -0.3 is 9.73 Å². The Bertz CT molecular complexity index is 1360. The summed E-state index contributed by atoms with van der Waals surface area (Å²) in [7, 11) is -3.71. The number of hydrogen-bond donors (Lipinski definition) is 1. The van der Waals surface area contributed by atoms with Crippen LogP contribution in [0.5, 0.6) is 0 Å². The van der Waals surface area contributed by atoms with Gasteiger partial charge >= 0.3 is 5.76 Å². The summed E-state index contributed by atoms with van der Waals surface area (Å²) in [5.74, 6) is -0.532. The first kappa shape index (κ1) is 23.3. The first-order valence-electron chi connectivity index (χ1n) is 11.0. The predicted molar refractivity (Wildman–Crippen MR) is 127 cm³/mol. The second-order valence-electron chi connectivity index (χ2n) is 9.20. The van der Waals surface area contributed by atoms with Crippen LogP contribution in [0.1, 0.15) is 31.4 Å². The highest BCUT2D eigenvalue weighted by molar-refractivity contribution is 7.89. The van der Waals surface area contributed by atoms with Crippen molar-refractivity contribution in [1.29, 1.82) is 0 Å².